The van der Waals surface area contributed by atoms with Gasteiger partial charge in [0.05, 0.1) is 19.4 Å². The van der Waals surface area contributed by atoms with Crippen LogP contribution in [0.1, 0.15) is 13.8 Å². The van der Waals surface area contributed by atoms with Crippen LogP contribution in [0.2, 0.25) is 0 Å². The lowest BCUT2D eigenvalue weighted by Gasteiger charge is -2.15. The highest BCUT2D eigenvalue weighted by Gasteiger charge is 2.05. The first-order valence-corrected chi connectivity index (χ1v) is 7.92. The second-order valence-corrected chi connectivity index (χ2v) is 5.63. The second kappa shape index (κ2) is 8.93. The Balaban J connectivity index is 1.84. The van der Waals surface area contributed by atoms with Crippen molar-refractivity contribution in [2.24, 2.45) is 5.92 Å². The van der Waals surface area contributed by atoms with Crippen LogP contribution in [-0.2, 0) is 0 Å². The summed E-state index contributed by atoms with van der Waals surface area (Å²) in [6.07, 6.45) is 0. The molecule has 0 aromatic heterocycles. The fourth-order valence-corrected chi connectivity index (χ4v) is 2.08. The summed E-state index contributed by atoms with van der Waals surface area (Å²) >= 11 is 0. The molecule has 2 aromatic rings. The summed E-state index contributed by atoms with van der Waals surface area (Å²) in [7, 11) is 1.64. The third kappa shape index (κ3) is 5.40. The summed E-state index contributed by atoms with van der Waals surface area (Å²) in [6, 6.07) is 15.6. The van der Waals surface area contributed by atoms with Gasteiger partial charge in [-0.25, -0.2) is 0 Å². The van der Waals surface area contributed by atoms with Crippen molar-refractivity contribution in [1.29, 1.82) is 0 Å². The van der Waals surface area contributed by atoms with E-state index in [1.165, 1.54) is 0 Å². The zero-order chi connectivity index (χ0) is 16.5. The van der Waals surface area contributed by atoms with Crippen molar-refractivity contribution in [3.8, 4) is 17.2 Å². The first kappa shape index (κ1) is 17.0. The molecule has 0 heterocycles. The number of hydrogen-bond donors (Lipinski definition) is 1. The van der Waals surface area contributed by atoms with Crippen LogP contribution in [0.3, 0.4) is 0 Å². The summed E-state index contributed by atoms with van der Waals surface area (Å²) in [5.74, 6) is 2.87. The van der Waals surface area contributed by atoms with Gasteiger partial charge in [0, 0.05) is 6.54 Å². The van der Waals surface area contributed by atoms with Gasteiger partial charge >= 0.3 is 0 Å². The van der Waals surface area contributed by atoms with Gasteiger partial charge in [-0.05, 0) is 30.2 Å². The van der Waals surface area contributed by atoms with E-state index < -0.39 is 0 Å². The highest BCUT2D eigenvalue weighted by Crippen LogP contribution is 2.26. The average Bonchev–Trinajstić information content (AvgIpc) is 2.58. The lowest BCUT2D eigenvalue weighted by molar-refractivity contribution is 0.272. The molecule has 124 valence electrons. The smallest absolute Gasteiger partial charge is 0.161 e. The van der Waals surface area contributed by atoms with Crippen LogP contribution in [-0.4, -0.2) is 26.9 Å². The first-order valence-electron chi connectivity index (χ1n) is 7.92. The van der Waals surface area contributed by atoms with Gasteiger partial charge in [-0.15, -0.1) is 0 Å². The molecule has 0 spiro atoms. The summed E-state index contributed by atoms with van der Waals surface area (Å²) in [4.78, 5) is 0. The van der Waals surface area contributed by atoms with Crippen molar-refractivity contribution in [2.45, 2.75) is 13.8 Å². The molecule has 0 aliphatic carbocycles. The zero-order valence-electron chi connectivity index (χ0n) is 14.0. The number of para-hydroxylation sites is 4. The van der Waals surface area contributed by atoms with Gasteiger partial charge in [0.2, 0.25) is 0 Å². The third-order valence-electron chi connectivity index (χ3n) is 3.20. The van der Waals surface area contributed by atoms with Gasteiger partial charge in [-0.1, -0.05) is 38.1 Å². The molecule has 2 aromatic carbocycles. The van der Waals surface area contributed by atoms with Crippen molar-refractivity contribution >= 4 is 5.69 Å². The van der Waals surface area contributed by atoms with Crippen molar-refractivity contribution in [3.05, 3.63) is 48.5 Å². The third-order valence-corrected chi connectivity index (χ3v) is 3.20. The van der Waals surface area contributed by atoms with Gasteiger partial charge in [-0.3, -0.25) is 0 Å². The molecule has 0 unspecified atom stereocenters. The highest BCUT2D eigenvalue weighted by atomic mass is 16.5. The lowest BCUT2D eigenvalue weighted by Crippen LogP contribution is -2.13. The molecule has 0 aliphatic rings. The Hall–Kier alpha value is -2.36. The number of rotatable bonds is 9. The fourth-order valence-electron chi connectivity index (χ4n) is 2.08. The van der Waals surface area contributed by atoms with E-state index in [1.54, 1.807) is 7.11 Å². The molecule has 0 aliphatic heterocycles. The molecule has 23 heavy (non-hydrogen) atoms. The Morgan fingerprint density at radius 1 is 0.870 bits per heavy atom. The Kier molecular flexibility index (Phi) is 6.60. The van der Waals surface area contributed by atoms with Gasteiger partial charge < -0.3 is 19.5 Å². The van der Waals surface area contributed by atoms with Crippen LogP contribution in [0.25, 0.3) is 0 Å². The molecule has 0 amide bonds. The number of hydrogen-bond acceptors (Lipinski definition) is 4. The highest BCUT2D eigenvalue weighted by molar-refractivity contribution is 5.56. The molecular weight excluding hydrogens is 290 g/mol. The number of benzene rings is 2. The summed E-state index contributed by atoms with van der Waals surface area (Å²) in [5.41, 5.74) is 0.983. The molecule has 0 bridgehead atoms. The number of methoxy groups -OCH3 is 1. The molecule has 0 fully saturated rings. The Morgan fingerprint density at radius 3 is 2.22 bits per heavy atom. The van der Waals surface area contributed by atoms with E-state index in [9.17, 15) is 0 Å². The second-order valence-electron chi connectivity index (χ2n) is 5.63. The van der Waals surface area contributed by atoms with E-state index >= 15 is 0 Å². The lowest BCUT2D eigenvalue weighted by atomic mass is 10.2. The van der Waals surface area contributed by atoms with E-state index in [-0.39, 0.29) is 0 Å². The molecule has 1 N–H and O–H groups in total. The topological polar surface area (TPSA) is 39.7 Å². The molecular formula is C19H25NO3. The fraction of sp³-hybridized carbons (Fsp3) is 0.368. The standard InChI is InChI=1S/C19H25NO3/c1-15(2)14-23-17-9-5-4-8-16(17)20-12-13-22-19-11-7-6-10-18(19)21-3/h4-11,15,20H,12-14H2,1-3H3. The monoisotopic (exact) mass is 315 g/mol. The number of ether oxygens (including phenoxy) is 3. The Morgan fingerprint density at radius 2 is 1.52 bits per heavy atom. The van der Waals surface area contributed by atoms with Crippen molar-refractivity contribution < 1.29 is 14.2 Å². The molecule has 4 nitrogen and oxygen atoms in total. The first-order chi connectivity index (χ1) is 11.2. The van der Waals surface area contributed by atoms with Gasteiger partial charge in [0.1, 0.15) is 12.4 Å². The summed E-state index contributed by atoms with van der Waals surface area (Å²) in [6.45, 7) is 6.20. The summed E-state index contributed by atoms with van der Waals surface area (Å²) < 4.78 is 16.9. The van der Waals surface area contributed by atoms with Crippen molar-refractivity contribution in [3.63, 3.8) is 0 Å². The van der Waals surface area contributed by atoms with E-state index in [0.717, 1.165) is 22.9 Å². The van der Waals surface area contributed by atoms with E-state index in [2.05, 4.69) is 19.2 Å². The van der Waals surface area contributed by atoms with Crippen LogP contribution in [0, 0.1) is 5.92 Å². The van der Waals surface area contributed by atoms with E-state index in [0.29, 0.717) is 25.7 Å². The SMILES string of the molecule is COc1ccccc1OCCNc1ccccc1OCC(C)C. The van der Waals surface area contributed by atoms with Crippen LogP contribution < -0.4 is 19.5 Å². The maximum absolute atomic E-state index is 5.83. The maximum Gasteiger partial charge on any atom is 0.161 e. The van der Waals surface area contributed by atoms with Crippen molar-refractivity contribution in [2.75, 3.05) is 32.2 Å². The zero-order valence-corrected chi connectivity index (χ0v) is 14.0. The number of nitrogens with one attached hydrogen (secondary N) is 1. The summed E-state index contributed by atoms with van der Waals surface area (Å²) in [5, 5.41) is 3.35. The van der Waals surface area contributed by atoms with Gasteiger partial charge in [0.25, 0.3) is 0 Å². The molecule has 0 atom stereocenters. The quantitative estimate of drug-likeness (QED) is 0.703. The number of anilines is 1. The molecule has 0 radical (unpaired) electrons. The van der Waals surface area contributed by atoms with Crippen LogP contribution in [0.4, 0.5) is 5.69 Å². The van der Waals surface area contributed by atoms with Crippen LogP contribution in [0.5, 0.6) is 17.2 Å². The average molecular weight is 315 g/mol. The molecule has 0 saturated carbocycles. The normalized spacial score (nSPS) is 10.4. The minimum atomic E-state index is 0.497. The largest absolute Gasteiger partial charge is 0.493 e. The Bertz CT molecular complexity index is 599. The van der Waals surface area contributed by atoms with Crippen LogP contribution in [0.15, 0.2) is 48.5 Å². The molecule has 2 rings (SSSR count). The minimum Gasteiger partial charge on any atom is -0.493 e. The molecule has 0 saturated heterocycles. The predicted octanol–water partition coefficient (Wildman–Crippen LogP) is 4.22. The maximum atomic E-state index is 5.83. The van der Waals surface area contributed by atoms with Crippen molar-refractivity contribution in [1.82, 2.24) is 0 Å². The minimum absolute atomic E-state index is 0.497. The van der Waals surface area contributed by atoms with Gasteiger partial charge in [0.15, 0.2) is 11.5 Å². The van der Waals surface area contributed by atoms with Gasteiger partial charge in [-0.2, -0.15) is 0 Å². The Labute approximate surface area is 138 Å². The van der Waals surface area contributed by atoms with Crippen LogP contribution >= 0.6 is 0 Å². The van der Waals surface area contributed by atoms with E-state index in [1.807, 2.05) is 48.5 Å². The van der Waals surface area contributed by atoms with E-state index in [4.69, 9.17) is 14.2 Å². The predicted molar refractivity (Wildman–Crippen MR) is 93.8 cm³/mol. The molecule has 4 heteroatoms.